The second kappa shape index (κ2) is 5.31. The molecule has 1 fully saturated rings. The van der Waals surface area contributed by atoms with Gasteiger partial charge in [-0.3, -0.25) is 0 Å². The molecule has 0 amide bonds. The monoisotopic (exact) mass is 245 g/mol. The van der Waals surface area contributed by atoms with Gasteiger partial charge in [-0.15, -0.1) is 0 Å². The van der Waals surface area contributed by atoms with Crippen LogP contribution < -0.4 is 10.1 Å². The average Bonchev–Trinajstić information content (AvgIpc) is 2.86. The number of piperidine rings is 1. The highest BCUT2D eigenvalue weighted by atomic mass is 16.5. The van der Waals surface area contributed by atoms with E-state index in [-0.39, 0.29) is 0 Å². The van der Waals surface area contributed by atoms with Gasteiger partial charge in [-0.05, 0) is 80.3 Å². The predicted molar refractivity (Wildman–Crippen MR) is 74.3 cm³/mol. The molecule has 0 aromatic heterocycles. The quantitative estimate of drug-likeness (QED) is 0.884. The van der Waals surface area contributed by atoms with Crippen LogP contribution in [0, 0.1) is 5.92 Å². The number of hydrogen-bond acceptors (Lipinski definition) is 2. The average molecular weight is 245 g/mol. The molecule has 1 aliphatic heterocycles. The summed E-state index contributed by atoms with van der Waals surface area (Å²) in [5.41, 5.74) is 4.52. The first-order valence-electron chi connectivity index (χ1n) is 7.26. The van der Waals surface area contributed by atoms with Crippen LogP contribution >= 0.6 is 0 Å². The lowest BCUT2D eigenvalue weighted by Crippen LogP contribution is -2.28. The van der Waals surface area contributed by atoms with Gasteiger partial charge in [0.1, 0.15) is 5.75 Å². The summed E-state index contributed by atoms with van der Waals surface area (Å²) < 4.78 is 5.60. The number of fused-ring (bicyclic) bond motifs is 1. The fourth-order valence-corrected chi connectivity index (χ4v) is 3.40. The highest BCUT2D eigenvalue weighted by Gasteiger charge is 2.19. The molecule has 1 aromatic rings. The second-order valence-corrected chi connectivity index (χ2v) is 5.68. The van der Waals surface area contributed by atoms with Crippen LogP contribution in [0.15, 0.2) is 12.1 Å². The topological polar surface area (TPSA) is 21.3 Å². The van der Waals surface area contributed by atoms with E-state index in [2.05, 4.69) is 17.4 Å². The number of ether oxygens (including phenoxy) is 1. The Labute approximate surface area is 110 Å². The zero-order valence-electron chi connectivity index (χ0n) is 11.3. The van der Waals surface area contributed by atoms with Crippen molar-refractivity contribution in [1.29, 1.82) is 0 Å². The van der Waals surface area contributed by atoms with Gasteiger partial charge < -0.3 is 10.1 Å². The van der Waals surface area contributed by atoms with Crippen LogP contribution in [0.1, 0.15) is 36.0 Å². The summed E-state index contributed by atoms with van der Waals surface area (Å²) in [5.74, 6) is 1.95. The number of benzene rings is 1. The summed E-state index contributed by atoms with van der Waals surface area (Å²) in [6.45, 7) is 2.36. The van der Waals surface area contributed by atoms with Crippen LogP contribution in [0.5, 0.6) is 5.75 Å². The van der Waals surface area contributed by atoms with Gasteiger partial charge in [-0.2, -0.15) is 0 Å². The minimum atomic E-state index is 0.833. The Bertz CT molecular complexity index is 421. The summed E-state index contributed by atoms with van der Waals surface area (Å²) in [6, 6.07) is 4.71. The fourth-order valence-electron chi connectivity index (χ4n) is 3.40. The lowest BCUT2D eigenvalue weighted by Gasteiger charge is -2.23. The van der Waals surface area contributed by atoms with Gasteiger partial charge in [0.2, 0.25) is 0 Å². The molecule has 2 heteroatoms. The molecule has 1 aromatic carbocycles. The highest BCUT2D eigenvalue weighted by Crippen LogP contribution is 2.32. The number of hydrogen-bond donors (Lipinski definition) is 1. The maximum atomic E-state index is 5.60. The molecule has 0 spiro atoms. The molecule has 1 aliphatic carbocycles. The molecule has 0 saturated carbocycles. The standard InChI is InChI=1S/C16H23NO/c1-18-16-11-14-4-2-3-13(14)10-15(16)9-12-5-7-17-8-6-12/h10-12,17H,2-9H2,1H3. The maximum Gasteiger partial charge on any atom is 0.122 e. The SMILES string of the molecule is COc1cc2c(cc1CC1CCNCC1)CCC2. The third-order valence-electron chi connectivity index (χ3n) is 4.46. The van der Waals surface area contributed by atoms with Crippen molar-refractivity contribution in [1.82, 2.24) is 5.32 Å². The highest BCUT2D eigenvalue weighted by molar-refractivity contribution is 5.45. The molecule has 2 nitrogen and oxygen atoms in total. The Morgan fingerprint density at radius 3 is 2.61 bits per heavy atom. The zero-order chi connectivity index (χ0) is 12.4. The van der Waals surface area contributed by atoms with E-state index in [1.54, 1.807) is 5.56 Å². The minimum absolute atomic E-state index is 0.833. The van der Waals surface area contributed by atoms with Crippen LogP contribution in [0.4, 0.5) is 0 Å². The largest absolute Gasteiger partial charge is 0.496 e. The van der Waals surface area contributed by atoms with Crippen molar-refractivity contribution in [3.05, 3.63) is 28.8 Å². The van der Waals surface area contributed by atoms with Crippen LogP contribution in [0.3, 0.4) is 0 Å². The third kappa shape index (κ3) is 2.39. The smallest absolute Gasteiger partial charge is 0.122 e. The summed E-state index contributed by atoms with van der Waals surface area (Å²) in [4.78, 5) is 0. The Hall–Kier alpha value is -1.02. The first-order valence-corrected chi connectivity index (χ1v) is 7.26. The van der Waals surface area contributed by atoms with Crippen molar-refractivity contribution < 1.29 is 4.74 Å². The van der Waals surface area contributed by atoms with E-state index in [0.717, 1.165) is 11.7 Å². The van der Waals surface area contributed by atoms with Gasteiger partial charge >= 0.3 is 0 Å². The molecular formula is C16H23NO. The molecule has 18 heavy (non-hydrogen) atoms. The molecule has 1 N–H and O–H groups in total. The van der Waals surface area contributed by atoms with Gasteiger partial charge in [-0.1, -0.05) is 6.07 Å². The van der Waals surface area contributed by atoms with Crippen LogP contribution in [-0.2, 0) is 19.3 Å². The van der Waals surface area contributed by atoms with Gasteiger partial charge in [-0.25, -0.2) is 0 Å². The molecule has 0 radical (unpaired) electrons. The van der Waals surface area contributed by atoms with E-state index in [0.29, 0.717) is 0 Å². The van der Waals surface area contributed by atoms with Crippen molar-refractivity contribution in [3.8, 4) is 5.75 Å². The van der Waals surface area contributed by atoms with E-state index in [1.165, 1.54) is 62.7 Å². The summed E-state index contributed by atoms with van der Waals surface area (Å²) in [5, 5.41) is 3.44. The summed E-state index contributed by atoms with van der Waals surface area (Å²) in [7, 11) is 1.81. The zero-order valence-corrected chi connectivity index (χ0v) is 11.3. The molecule has 0 bridgehead atoms. The molecule has 1 heterocycles. The minimum Gasteiger partial charge on any atom is -0.496 e. The van der Waals surface area contributed by atoms with Gasteiger partial charge in [0.15, 0.2) is 0 Å². The lowest BCUT2D eigenvalue weighted by molar-refractivity contribution is 0.361. The van der Waals surface area contributed by atoms with E-state index in [4.69, 9.17) is 4.74 Å². The van der Waals surface area contributed by atoms with E-state index in [9.17, 15) is 0 Å². The first-order chi connectivity index (χ1) is 8.86. The van der Waals surface area contributed by atoms with Crippen molar-refractivity contribution in [2.75, 3.05) is 20.2 Å². The van der Waals surface area contributed by atoms with Crippen LogP contribution in [0.25, 0.3) is 0 Å². The van der Waals surface area contributed by atoms with Gasteiger partial charge in [0.25, 0.3) is 0 Å². The molecule has 3 rings (SSSR count). The van der Waals surface area contributed by atoms with Crippen molar-refractivity contribution in [3.63, 3.8) is 0 Å². The molecular weight excluding hydrogens is 222 g/mol. The summed E-state index contributed by atoms with van der Waals surface area (Å²) in [6.07, 6.45) is 7.62. The molecule has 1 saturated heterocycles. The predicted octanol–water partition coefficient (Wildman–Crippen LogP) is 2.73. The first kappa shape index (κ1) is 12.0. The number of nitrogens with one attached hydrogen (secondary N) is 1. The Kier molecular flexibility index (Phi) is 3.55. The molecule has 0 unspecified atom stereocenters. The molecule has 0 atom stereocenters. The normalized spacial score (nSPS) is 19.8. The number of methoxy groups -OCH3 is 1. The second-order valence-electron chi connectivity index (χ2n) is 5.68. The van der Waals surface area contributed by atoms with Crippen LogP contribution in [0.2, 0.25) is 0 Å². The lowest BCUT2D eigenvalue weighted by atomic mass is 9.89. The van der Waals surface area contributed by atoms with Crippen molar-refractivity contribution >= 4 is 0 Å². The molecule has 2 aliphatic rings. The summed E-state index contributed by atoms with van der Waals surface area (Å²) >= 11 is 0. The third-order valence-corrected chi connectivity index (χ3v) is 4.46. The van der Waals surface area contributed by atoms with Gasteiger partial charge in [0.05, 0.1) is 7.11 Å². The van der Waals surface area contributed by atoms with Gasteiger partial charge in [0, 0.05) is 0 Å². The number of aryl methyl sites for hydroxylation is 2. The van der Waals surface area contributed by atoms with Crippen molar-refractivity contribution in [2.45, 2.75) is 38.5 Å². The Morgan fingerprint density at radius 2 is 1.89 bits per heavy atom. The van der Waals surface area contributed by atoms with E-state index in [1.807, 2.05) is 7.11 Å². The van der Waals surface area contributed by atoms with E-state index < -0.39 is 0 Å². The molecule has 98 valence electrons. The fraction of sp³-hybridized carbons (Fsp3) is 0.625. The maximum absolute atomic E-state index is 5.60. The number of rotatable bonds is 3. The Morgan fingerprint density at radius 1 is 1.17 bits per heavy atom. The van der Waals surface area contributed by atoms with Crippen LogP contribution in [-0.4, -0.2) is 20.2 Å². The van der Waals surface area contributed by atoms with E-state index >= 15 is 0 Å². The van der Waals surface area contributed by atoms with Crippen molar-refractivity contribution in [2.24, 2.45) is 5.92 Å². The Balaban J connectivity index is 1.81.